The molecule has 1 saturated heterocycles. The van der Waals surface area contributed by atoms with Crippen LogP contribution in [0.1, 0.15) is 12.0 Å². The summed E-state index contributed by atoms with van der Waals surface area (Å²) in [4.78, 5) is 0. The van der Waals surface area contributed by atoms with Gasteiger partial charge in [0.1, 0.15) is 5.82 Å². The van der Waals surface area contributed by atoms with Crippen LogP contribution in [0.25, 0.3) is 0 Å². The van der Waals surface area contributed by atoms with Gasteiger partial charge >= 0.3 is 0 Å². The van der Waals surface area contributed by atoms with Crippen LogP contribution in [-0.4, -0.2) is 23.4 Å². The summed E-state index contributed by atoms with van der Waals surface area (Å²) in [5.74, 6) is -0.666. The third-order valence-corrected chi connectivity index (χ3v) is 2.85. The average molecular weight is 234 g/mol. The van der Waals surface area contributed by atoms with Crippen molar-refractivity contribution < 1.29 is 14.0 Å². The number of nitrogens with zero attached hydrogens (tertiary/aromatic N) is 1. The zero-order valence-electron chi connectivity index (χ0n) is 7.88. The van der Waals surface area contributed by atoms with Crippen LogP contribution in [0, 0.1) is 5.82 Å². The van der Waals surface area contributed by atoms with Crippen molar-refractivity contribution in [1.29, 1.82) is 0 Å². The normalized spacial score (nSPS) is 27.2. The van der Waals surface area contributed by atoms with Crippen LogP contribution < -0.4 is 0 Å². The molecule has 15 heavy (non-hydrogen) atoms. The number of halogens is 3. The van der Waals surface area contributed by atoms with Crippen molar-refractivity contribution in [2.75, 3.05) is 13.1 Å². The SMILES string of the molecule is ON1CCC(F)(c2ccc(Cl)cc2F)C1. The van der Waals surface area contributed by atoms with Crippen LogP contribution >= 0.6 is 11.6 Å². The van der Waals surface area contributed by atoms with E-state index < -0.39 is 11.5 Å². The highest BCUT2D eigenvalue weighted by molar-refractivity contribution is 6.30. The van der Waals surface area contributed by atoms with E-state index in [9.17, 15) is 8.78 Å². The van der Waals surface area contributed by atoms with Crippen LogP contribution in [0.3, 0.4) is 0 Å². The molecule has 0 saturated carbocycles. The van der Waals surface area contributed by atoms with E-state index in [4.69, 9.17) is 16.8 Å². The summed E-state index contributed by atoms with van der Waals surface area (Å²) in [6, 6.07) is 3.86. The second-order valence-corrected chi connectivity index (χ2v) is 4.16. The van der Waals surface area contributed by atoms with Crippen LogP contribution in [0.5, 0.6) is 0 Å². The molecule has 1 N–H and O–H groups in total. The zero-order chi connectivity index (χ0) is 11.1. The fraction of sp³-hybridized carbons (Fsp3) is 0.400. The van der Waals surface area contributed by atoms with Crippen LogP contribution in [-0.2, 0) is 5.67 Å². The Morgan fingerprint density at radius 2 is 2.20 bits per heavy atom. The highest BCUT2D eigenvalue weighted by Crippen LogP contribution is 2.37. The lowest BCUT2D eigenvalue weighted by Crippen LogP contribution is -2.26. The predicted molar refractivity (Wildman–Crippen MR) is 52.2 cm³/mol. The lowest BCUT2D eigenvalue weighted by Gasteiger charge is -2.19. The Morgan fingerprint density at radius 1 is 1.47 bits per heavy atom. The lowest BCUT2D eigenvalue weighted by molar-refractivity contribution is -0.0807. The van der Waals surface area contributed by atoms with Gasteiger partial charge in [-0.05, 0) is 12.1 Å². The fourth-order valence-corrected chi connectivity index (χ4v) is 1.99. The van der Waals surface area contributed by atoms with Gasteiger partial charge in [-0.15, -0.1) is 0 Å². The van der Waals surface area contributed by atoms with Crippen molar-refractivity contribution in [3.63, 3.8) is 0 Å². The van der Waals surface area contributed by atoms with Gasteiger partial charge in [-0.25, -0.2) is 8.78 Å². The molecule has 0 aliphatic carbocycles. The first kappa shape index (κ1) is 10.8. The third-order valence-electron chi connectivity index (χ3n) is 2.61. The molecule has 1 heterocycles. The van der Waals surface area contributed by atoms with Crippen molar-refractivity contribution in [2.45, 2.75) is 12.1 Å². The van der Waals surface area contributed by atoms with E-state index in [1.165, 1.54) is 12.1 Å². The predicted octanol–water partition coefficient (Wildman–Crippen LogP) is 2.74. The topological polar surface area (TPSA) is 23.5 Å². The maximum Gasteiger partial charge on any atom is 0.155 e. The molecule has 0 radical (unpaired) electrons. The minimum absolute atomic E-state index is 0.0385. The molecule has 0 aromatic heterocycles. The fourth-order valence-electron chi connectivity index (χ4n) is 1.83. The number of hydrogen-bond donors (Lipinski definition) is 1. The minimum atomic E-state index is -1.82. The van der Waals surface area contributed by atoms with E-state index in [1.54, 1.807) is 0 Å². The van der Waals surface area contributed by atoms with Crippen molar-refractivity contribution in [1.82, 2.24) is 5.06 Å². The summed E-state index contributed by atoms with van der Waals surface area (Å²) < 4.78 is 27.7. The Morgan fingerprint density at radius 3 is 2.73 bits per heavy atom. The third kappa shape index (κ3) is 1.97. The van der Waals surface area contributed by atoms with Crippen LogP contribution in [0.15, 0.2) is 18.2 Å². The molecule has 1 aromatic rings. The van der Waals surface area contributed by atoms with Crippen molar-refractivity contribution >= 4 is 11.6 Å². The molecular weight excluding hydrogens is 224 g/mol. The summed E-state index contributed by atoms with van der Waals surface area (Å²) in [5, 5.41) is 10.2. The van der Waals surface area contributed by atoms with Gasteiger partial charge in [0.2, 0.25) is 0 Å². The van der Waals surface area contributed by atoms with Gasteiger partial charge in [-0.3, -0.25) is 0 Å². The Balaban J connectivity index is 2.37. The molecule has 5 heteroatoms. The average Bonchev–Trinajstić information content (AvgIpc) is 2.46. The van der Waals surface area contributed by atoms with Crippen molar-refractivity contribution in [3.8, 4) is 0 Å². The first-order valence-corrected chi connectivity index (χ1v) is 4.97. The summed E-state index contributed by atoms with van der Waals surface area (Å²) in [5.41, 5.74) is -1.85. The Hall–Kier alpha value is -0.710. The lowest BCUT2D eigenvalue weighted by atomic mass is 9.94. The Bertz CT molecular complexity index is 388. The molecule has 1 atom stereocenters. The van der Waals surface area contributed by atoms with Gasteiger partial charge in [-0.2, -0.15) is 5.06 Å². The van der Waals surface area contributed by atoms with Crippen molar-refractivity contribution in [2.24, 2.45) is 0 Å². The molecule has 2 rings (SSSR count). The van der Waals surface area contributed by atoms with Gasteiger partial charge in [0.15, 0.2) is 5.67 Å². The van der Waals surface area contributed by atoms with Crippen LogP contribution in [0.2, 0.25) is 5.02 Å². The molecule has 82 valence electrons. The molecule has 1 fully saturated rings. The summed E-state index contributed by atoms with van der Waals surface area (Å²) in [6.07, 6.45) is 0.0854. The number of rotatable bonds is 1. The molecule has 1 aliphatic heterocycles. The van der Waals surface area contributed by atoms with E-state index in [-0.39, 0.29) is 30.1 Å². The van der Waals surface area contributed by atoms with E-state index in [0.717, 1.165) is 11.1 Å². The molecule has 1 aromatic carbocycles. The quantitative estimate of drug-likeness (QED) is 0.806. The standard InChI is InChI=1S/C10H10ClF2NO/c11-7-1-2-8(9(12)5-7)10(13)3-4-14(15)6-10/h1-2,5,15H,3-4,6H2. The zero-order valence-corrected chi connectivity index (χ0v) is 8.64. The Kier molecular flexibility index (Phi) is 2.66. The molecule has 1 unspecified atom stereocenters. The first-order chi connectivity index (χ1) is 7.01. The van der Waals surface area contributed by atoms with Gasteiger partial charge in [0.25, 0.3) is 0 Å². The highest BCUT2D eigenvalue weighted by atomic mass is 35.5. The maximum atomic E-state index is 14.2. The molecule has 1 aliphatic rings. The second kappa shape index (κ2) is 3.70. The minimum Gasteiger partial charge on any atom is -0.314 e. The summed E-state index contributed by atoms with van der Waals surface area (Å²) >= 11 is 5.58. The second-order valence-electron chi connectivity index (χ2n) is 3.73. The highest BCUT2D eigenvalue weighted by Gasteiger charge is 2.41. The van der Waals surface area contributed by atoms with Gasteiger partial charge in [0, 0.05) is 23.6 Å². The number of benzene rings is 1. The summed E-state index contributed by atoms with van der Waals surface area (Å²) in [6.45, 7) is 0.00409. The molecule has 2 nitrogen and oxygen atoms in total. The Labute approximate surface area is 91.0 Å². The van der Waals surface area contributed by atoms with Crippen LogP contribution in [0.4, 0.5) is 8.78 Å². The largest absolute Gasteiger partial charge is 0.314 e. The molecular formula is C10H10ClF2NO. The molecule has 0 spiro atoms. The molecule has 0 amide bonds. The van der Waals surface area contributed by atoms with E-state index in [2.05, 4.69) is 0 Å². The number of hydrogen-bond acceptors (Lipinski definition) is 2. The smallest absolute Gasteiger partial charge is 0.155 e. The number of hydroxylamine groups is 2. The maximum absolute atomic E-state index is 14.2. The van der Waals surface area contributed by atoms with Gasteiger partial charge < -0.3 is 5.21 Å². The van der Waals surface area contributed by atoms with E-state index in [1.807, 2.05) is 0 Å². The monoisotopic (exact) mass is 233 g/mol. The van der Waals surface area contributed by atoms with Crippen molar-refractivity contribution in [3.05, 3.63) is 34.6 Å². The van der Waals surface area contributed by atoms with E-state index >= 15 is 0 Å². The summed E-state index contributed by atoms with van der Waals surface area (Å²) in [7, 11) is 0. The van der Waals surface area contributed by atoms with E-state index in [0.29, 0.717) is 0 Å². The first-order valence-electron chi connectivity index (χ1n) is 4.59. The van der Waals surface area contributed by atoms with Gasteiger partial charge in [-0.1, -0.05) is 17.7 Å². The molecule has 0 bridgehead atoms. The van der Waals surface area contributed by atoms with Gasteiger partial charge in [0.05, 0.1) is 6.54 Å². The number of alkyl halides is 1.